The largest absolute Gasteiger partial charge is 0.507 e. The number of hydrogen-bond donors (Lipinski definition) is 1. The smallest absolute Gasteiger partial charge is 0.198 e. The number of fused-ring (bicyclic) bond motifs is 2. The molecule has 0 heterocycles. The van der Waals surface area contributed by atoms with Gasteiger partial charge in [0.2, 0.25) is 0 Å². The molecular formula is C24H27BrO4. The van der Waals surface area contributed by atoms with Crippen molar-refractivity contribution in [2.24, 2.45) is 0 Å². The Morgan fingerprint density at radius 1 is 0.724 bits per heavy atom. The maximum Gasteiger partial charge on any atom is 0.198 e. The van der Waals surface area contributed by atoms with E-state index in [1.807, 2.05) is 0 Å². The highest BCUT2D eigenvalue weighted by molar-refractivity contribution is 9.09. The number of carbonyl (C=O) groups is 2. The van der Waals surface area contributed by atoms with E-state index in [0.717, 1.165) is 18.2 Å². The summed E-state index contributed by atoms with van der Waals surface area (Å²) >= 11 is 3.45. The Kier molecular flexibility index (Phi) is 7.87. The number of aromatic hydroxyl groups is 1. The second kappa shape index (κ2) is 10.6. The van der Waals surface area contributed by atoms with Crippen LogP contribution in [-0.2, 0) is 0 Å². The molecule has 0 atom stereocenters. The zero-order chi connectivity index (χ0) is 20.6. The van der Waals surface area contributed by atoms with Crippen LogP contribution in [0.15, 0.2) is 36.4 Å². The Morgan fingerprint density at radius 2 is 1.28 bits per heavy atom. The van der Waals surface area contributed by atoms with Crippen molar-refractivity contribution >= 4 is 27.5 Å². The van der Waals surface area contributed by atoms with Crippen molar-refractivity contribution in [2.75, 3.05) is 11.9 Å². The molecule has 154 valence electrons. The second-order valence-corrected chi connectivity index (χ2v) is 8.20. The predicted octanol–water partition coefficient (Wildman–Crippen LogP) is 6.06. The van der Waals surface area contributed by atoms with Gasteiger partial charge >= 0.3 is 0 Å². The van der Waals surface area contributed by atoms with Crippen LogP contribution in [0.4, 0.5) is 0 Å². The first-order valence-electron chi connectivity index (χ1n) is 10.4. The zero-order valence-electron chi connectivity index (χ0n) is 16.6. The van der Waals surface area contributed by atoms with Gasteiger partial charge in [0.25, 0.3) is 0 Å². The van der Waals surface area contributed by atoms with E-state index in [-0.39, 0.29) is 28.4 Å². The number of halogens is 1. The molecule has 4 nitrogen and oxygen atoms in total. The Bertz CT molecular complexity index is 875. The summed E-state index contributed by atoms with van der Waals surface area (Å²) in [5.41, 5.74) is 0.920. The third-order valence-electron chi connectivity index (χ3n) is 5.30. The molecule has 3 rings (SSSR count). The summed E-state index contributed by atoms with van der Waals surface area (Å²) in [6, 6.07) is 9.72. The molecule has 29 heavy (non-hydrogen) atoms. The van der Waals surface area contributed by atoms with Gasteiger partial charge in [-0.15, -0.1) is 0 Å². The van der Waals surface area contributed by atoms with Crippen LogP contribution in [0.25, 0.3) is 0 Å². The Morgan fingerprint density at radius 3 is 1.90 bits per heavy atom. The molecule has 1 N–H and O–H groups in total. The molecule has 5 heteroatoms. The SMILES string of the molecule is O=C1c2ccccc2C(=O)c2c(OCCCCCCCCCCBr)ccc(O)c21. The monoisotopic (exact) mass is 458 g/mol. The maximum absolute atomic E-state index is 13.0. The predicted molar refractivity (Wildman–Crippen MR) is 118 cm³/mol. The summed E-state index contributed by atoms with van der Waals surface area (Å²) in [5, 5.41) is 11.3. The molecule has 0 unspecified atom stereocenters. The number of alkyl halides is 1. The lowest BCUT2D eigenvalue weighted by molar-refractivity contribution is 0.0973. The van der Waals surface area contributed by atoms with Gasteiger partial charge in [0.1, 0.15) is 11.5 Å². The Hall–Kier alpha value is -2.14. The normalized spacial score (nSPS) is 12.6. The molecule has 2 aromatic carbocycles. The molecule has 0 aliphatic heterocycles. The van der Waals surface area contributed by atoms with Crippen LogP contribution in [0.2, 0.25) is 0 Å². The fraction of sp³-hybridized carbons (Fsp3) is 0.417. The third kappa shape index (κ3) is 5.08. The minimum absolute atomic E-state index is 0.0506. The van der Waals surface area contributed by atoms with Gasteiger partial charge in [-0.25, -0.2) is 0 Å². The molecule has 0 bridgehead atoms. The lowest BCUT2D eigenvalue weighted by Gasteiger charge is -2.21. The van der Waals surface area contributed by atoms with Crippen molar-refractivity contribution in [1.29, 1.82) is 0 Å². The minimum Gasteiger partial charge on any atom is -0.507 e. The minimum atomic E-state index is -0.335. The van der Waals surface area contributed by atoms with Crippen molar-refractivity contribution in [3.63, 3.8) is 0 Å². The number of unbranched alkanes of at least 4 members (excludes halogenated alkanes) is 7. The molecule has 0 saturated heterocycles. The van der Waals surface area contributed by atoms with Gasteiger partial charge in [0.15, 0.2) is 11.6 Å². The van der Waals surface area contributed by atoms with Crippen molar-refractivity contribution < 1.29 is 19.4 Å². The zero-order valence-corrected chi connectivity index (χ0v) is 18.2. The number of ether oxygens (including phenoxy) is 1. The van der Waals surface area contributed by atoms with Crippen LogP contribution >= 0.6 is 15.9 Å². The van der Waals surface area contributed by atoms with Crippen LogP contribution in [0.3, 0.4) is 0 Å². The maximum atomic E-state index is 13.0. The van der Waals surface area contributed by atoms with E-state index in [9.17, 15) is 14.7 Å². The van der Waals surface area contributed by atoms with E-state index in [1.54, 1.807) is 30.3 Å². The molecule has 0 radical (unpaired) electrons. The van der Waals surface area contributed by atoms with E-state index in [0.29, 0.717) is 23.5 Å². The van der Waals surface area contributed by atoms with E-state index >= 15 is 0 Å². The fourth-order valence-corrected chi connectivity index (χ4v) is 4.13. The van der Waals surface area contributed by atoms with Crippen molar-refractivity contribution in [3.05, 3.63) is 58.7 Å². The number of phenolic OH excluding ortho intramolecular Hbond substituents is 1. The first kappa shape index (κ1) is 21.6. The van der Waals surface area contributed by atoms with Crippen molar-refractivity contribution in [3.8, 4) is 11.5 Å². The first-order chi connectivity index (χ1) is 14.1. The van der Waals surface area contributed by atoms with Gasteiger partial charge in [-0.3, -0.25) is 9.59 Å². The van der Waals surface area contributed by atoms with Gasteiger partial charge in [-0.05, 0) is 25.0 Å². The Balaban J connectivity index is 1.57. The van der Waals surface area contributed by atoms with E-state index in [1.165, 1.54) is 44.6 Å². The molecule has 0 spiro atoms. The summed E-state index contributed by atoms with van der Waals surface area (Å²) in [4.78, 5) is 25.8. The van der Waals surface area contributed by atoms with Gasteiger partial charge in [-0.1, -0.05) is 78.7 Å². The quantitative estimate of drug-likeness (QED) is 0.280. The first-order valence-corrected chi connectivity index (χ1v) is 11.5. The van der Waals surface area contributed by atoms with E-state index in [2.05, 4.69) is 15.9 Å². The number of carbonyl (C=O) groups excluding carboxylic acids is 2. The van der Waals surface area contributed by atoms with Crippen LogP contribution in [-0.4, -0.2) is 28.6 Å². The molecule has 0 saturated carbocycles. The van der Waals surface area contributed by atoms with Crippen LogP contribution in [0, 0.1) is 0 Å². The Labute approximate surface area is 180 Å². The number of hydrogen-bond acceptors (Lipinski definition) is 4. The highest BCUT2D eigenvalue weighted by Crippen LogP contribution is 2.38. The van der Waals surface area contributed by atoms with Gasteiger partial charge < -0.3 is 9.84 Å². The summed E-state index contributed by atoms with van der Waals surface area (Å²) in [5.74, 6) is -0.414. The summed E-state index contributed by atoms with van der Waals surface area (Å²) in [7, 11) is 0. The van der Waals surface area contributed by atoms with Gasteiger partial charge in [0.05, 0.1) is 17.7 Å². The molecular weight excluding hydrogens is 432 g/mol. The van der Waals surface area contributed by atoms with Gasteiger partial charge in [-0.2, -0.15) is 0 Å². The number of phenols is 1. The average molecular weight is 459 g/mol. The van der Waals surface area contributed by atoms with E-state index < -0.39 is 0 Å². The van der Waals surface area contributed by atoms with Gasteiger partial charge in [0, 0.05) is 16.5 Å². The highest BCUT2D eigenvalue weighted by atomic mass is 79.9. The van der Waals surface area contributed by atoms with Crippen LogP contribution in [0.5, 0.6) is 11.5 Å². The van der Waals surface area contributed by atoms with Crippen LogP contribution in [0.1, 0.15) is 83.2 Å². The van der Waals surface area contributed by atoms with Crippen LogP contribution < -0.4 is 4.74 Å². The number of rotatable bonds is 11. The van der Waals surface area contributed by atoms with E-state index in [4.69, 9.17) is 4.74 Å². The summed E-state index contributed by atoms with van der Waals surface area (Å²) in [6.45, 7) is 0.490. The molecule has 0 fully saturated rings. The molecule has 2 aromatic rings. The summed E-state index contributed by atoms with van der Waals surface area (Å²) < 4.78 is 5.86. The lowest BCUT2D eigenvalue weighted by Crippen LogP contribution is -2.22. The molecule has 1 aliphatic rings. The fourth-order valence-electron chi connectivity index (χ4n) is 3.74. The second-order valence-electron chi connectivity index (χ2n) is 7.40. The molecule has 0 aromatic heterocycles. The van der Waals surface area contributed by atoms with Crippen molar-refractivity contribution in [2.45, 2.75) is 51.4 Å². The topological polar surface area (TPSA) is 63.6 Å². The molecule has 0 amide bonds. The number of benzene rings is 2. The summed E-state index contributed by atoms with van der Waals surface area (Å²) in [6.07, 6.45) is 9.49. The highest BCUT2D eigenvalue weighted by Gasteiger charge is 2.34. The number of ketones is 2. The standard InChI is InChI=1S/C24H27BrO4/c25-15-9-5-3-1-2-4-6-10-16-29-20-14-13-19(26)21-22(20)24(28)18-12-8-7-11-17(18)23(21)27/h7-8,11-14,26H,1-6,9-10,15-16H2. The van der Waals surface area contributed by atoms with Crippen molar-refractivity contribution in [1.82, 2.24) is 0 Å². The third-order valence-corrected chi connectivity index (χ3v) is 5.86. The average Bonchev–Trinajstić information content (AvgIpc) is 2.74. The lowest BCUT2D eigenvalue weighted by atomic mass is 9.83. The molecule has 1 aliphatic carbocycles.